The molecule has 4 atom stereocenters. The summed E-state index contributed by atoms with van der Waals surface area (Å²) < 4.78 is 59.4. The minimum atomic E-state index is -3.93. The molecule has 1 saturated heterocycles. The maximum atomic E-state index is 14.4. The molecule has 2 aliphatic heterocycles. The predicted octanol–water partition coefficient (Wildman–Crippen LogP) is 5.85. The molecule has 12 heteroatoms. The van der Waals surface area contributed by atoms with Gasteiger partial charge in [-0.05, 0) is 74.2 Å². The molecule has 1 fully saturated rings. The number of methoxy groups -OCH3 is 2. The van der Waals surface area contributed by atoms with Crippen LogP contribution in [0.1, 0.15) is 48.8 Å². The molecule has 272 valence electrons. The molecule has 5 rings (SSSR count). The highest BCUT2D eigenvalue weighted by molar-refractivity contribution is 7.89. The number of hydrogen-bond donors (Lipinski definition) is 0. The van der Waals surface area contributed by atoms with Crippen LogP contribution in [0.2, 0.25) is 0 Å². The standard InChI is InChI=1S/C38H51N3O8S/c1-27-8-15-33(16-9-27)50(43,44)41-25-37(48-26-29-10-17-36-35(23-29)40(19-21-47-36)18-7-20-45-5)34(30-11-13-32(46-6)14-12-30)24-31(41)22-28(2)49-38(42)39(3)4/h8-17,23,28,31,34,37H,7,18-22,24-26H2,1-6H3/t28-,31+,34-,37+/m1/s1. The van der Waals surface area contributed by atoms with Crippen LogP contribution in [0.3, 0.4) is 0 Å². The number of anilines is 1. The van der Waals surface area contributed by atoms with Gasteiger partial charge < -0.3 is 33.5 Å². The molecule has 3 aromatic carbocycles. The lowest BCUT2D eigenvalue weighted by Gasteiger charge is -2.44. The first kappa shape index (κ1) is 37.4. The number of aryl methyl sites for hydroxylation is 1. The summed E-state index contributed by atoms with van der Waals surface area (Å²) in [5.41, 5.74) is 3.98. The third-order valence-electron chi connectivity index (χ3n) is 9.41. The topological polar surface area (TPSA) is 107 Å². The average molecular weight is 710 g/mol. The molecule has 0 spiro atoms. The number of nitrogens with zero attached hydrogens (tertiary/aromatic N) is 3. The molecule has 0 N–H and O–H groups in total. The summed E-state index contributed by atoms with van der Waals surface area (Å²) in [4.78, 5) is 16.3. The Hall–Kier alpha value is -3.84. The normalized spacial score (nSPS) is 20.0. The Morgan fingerprint density at radius 2 is 1.78 bits per heavy atom. The van der Waals surface area contributed by atoms with E-state index in [1.807, 2.05) is 43.3 Å². The number of fused-ring (bicyclic) bond motifs is 1. The summed E-state index contributed by atoms with van der Waals surface area (Å²) in [6, 6.07) is 20.4. The molecule has 0 aromatic heterocycles. The number of hydrogen-bond acceptors (Lipinski definition) is 9. The second-order valence-corrected chi connectivity index (χ2v) is 15.2. The molecule has 2 aliphatic rings. The fourth-order valence-electron chi connectivity index (χ4n) is 6.69. The van der Waals surface area contributed by atoms with Crippen LogP contribution in [0.5, 0.6) is 11.5 Å². The molecule has 50 heavy (non-hydrogen) atoms. The number of carbonyl (C=O) groups excluding carboxylic acids is 1. The van der Waals surface area contributed by atoms with Gasteiger partial charge in [-0.15, -0.1) is 0 Å². The zero-order valence-corrected chi connectivity index (χ0v) is 30.9. The second-order valence-electron chi connectivity index (χ2n) is 13.3. The van der Waals surface area contributed by atoms with Crippen molar-refractivity contribution in [2.75, 3.05) is 66.1 Å². The third kappa shape index (κ3) is 9.08. The largest absolute Gasteiger partial charge is 0.497 e. The Morgan fingerprint density at radius 1 is 1.04 bits per heavy atom. The Balaban J connectivity index is 1.46. The van der Waals surface area contributed by atoms with Crippen molar-refractivity contribution < 1.29 is 36.9 Å². The third-order valence-corrected chi connectivity index (χ3v) is 11.3. The van der Waals surface area contributed by atoms with E-state index in [1.54, 1.807) is 63.8 Å². The first-order valence-electron chi connectivity index (χ1n) is 17.2. The molecule has 11 nitrogen and oxygen atoms in total. The van der Waals surface area contributed by atoms with Gasteiger partial charge in [0.25, 0.3) is 0 Å². The molecule has 3 aromatic rings. The number of sulfonamides is 1. The van der Waals surface area contributed by atoms with Gasteiger partial charge in [-0.25, -0.2) is 13.2 Å². The average Bonchev–Trinajstić information content (AvgIpc) is 3.11. The van der Waals surface area contributed by atoms with Gasteiger partial charge in [-0.1, -0.05) is 35.9 Å². The van der Waals surface area contributed by atoms with Crippen molar-refractivity contribution in [3.05, 3.63) is 83.4 Å². The summed E-state index contributed by atoms with van der Waals surface area (Å²) >= 11 is 0. The Labute approximate surface area is 297 Å². The number of piperidine rings is 1. The van der Waals surface area contributed by atoms with E-state index in [0.717, 1.165) is 53.4 Å². The van der Waals surface area contributed by atoms with Gasteiger partial charge in [-0.2, -0.15) is 4.31 Å². The maximum absolute atomic E-state index is 14.4. The lowest BCUT2D eigenvalue weighted by atomic mass is 9.82. The van der Waals surface area contributed by atoms with E-state index < -0.39 is 34.4 Å². The van der Waals surface area contributed by atoms with E-state index in [1.165, 1.54) is 4.90 Å². The Kier molecular flexibility index (Phi) is 12.7. The van der Waals surface area contributed by atoms with E-state index in [9.17, 15) is 13.2 Å². The Morgan fingerprint density at radius 3 is 2.46 bits per heavy atom. The van der Waals surface area contributed by atoms with Crippen molar-refractivity contribution in [3.8, 4) is 11.5 Å². The van der Waals surface area contributed by atoms with Gasteiger partial charge in [0.15, 0.2) is 0 Å². The molecule has 2 heterocycles. The summed E-state index contributed by atoms with van der Waals surface area (Å²) in [5, 5.41) is 0. The van der Waals surface area contributed by atoms with Gasteiger partial charge in [-0.3, -0.25) is 0 Å². The second kappa shape index (κ2) is 16.9. The number of rotatable bonds is 14. The van der Waals surface area contributed by atoms with E-state index in [2.05, 4.69) is 11.0 Å². The van der Waals surface area contributed by atoms with Crippen LogP contribution in [0.15, 0.2) is 71.6 Å². The fraction of sp³-hybridized carbons (Fsp3) is 0.500. The zero-order valence-electron chi connectivity index (χ0n) is 30.0. The van der Waals surface area contributed by atoms with E-state index in [4.69, 9.17) is 23.7 Å². The Bertz CT molecular complexity index is 1670. The quantitative estimate of drug-likeness (QED) is 0.191. The van der Waals surface area contributed by atoms with Crippen molar-refractivity contribution >= 4 is 21.8 Å². The summed E-state index contributed by atoms with van der Waals surface area (Å²) in [6.45, 7) is 7.10. The van der Waals surface area contributed by atoms with Crippen molar-refractivity contribution in [1.29, 1.82) is 0 Å². The molecule has 0 bridgehead atoms. The number of amides is 1. The molecule has 0 saturated carbocycles. The monoisotopic (exact) mass is 709 g/mol. The molecule has 0 unspecified atom stereocenters. The van der Waals surface area contributed by atoms with Crippen molar-refractivity contribution in [3.63, 3.8) is 0 Å². The number of benzene rings is 3. The van der Waals surface area contributed by atoms with Gasteiger partial charge in [0.05, 0.1) is 36.9 Å². The van der Waals surface area contributed by atoms with E-state index in [-0.39, 0.29) is 24.0 Å². The molecular weight excluding hydrogens is 658 g/mol. The number of carbonyl (C=O) groups is 1. The summed E-state index contributed by atoms with van der Waals surface area (Å²) in [6.07, 6.45) is 0.239. The highest BCUT2D eigenvalue weighted by Crippen LogP contribution is 2.40. The van der Waals surface area contributed by atoms with Gasteiger partial charge in [0.2, 0.25) is 10.0 Å². The highest BCUT2D eigenvalue weighted by atomic mass is 32.2. The van der Waals surface area contributed by atoms with Crippen LogP contribution in [0.25, 0.3) is 0 Å². The van der Waals surface area contributed by atoms with Gasteiger partial charge in [0, 0.05) is 59.3 Å². The zero-order chi connectivity index (χ0) is 35.8. The van der Waals surface area contributed by atoms with Crippen molar-refractivity contribution in [2.24, 2.45) is 0 Å². The molecular formula is C38H51N3O8S. The lowest BCUT2D eigenvalue weighted by molar-refractivity contribution is -0.0269. The minimum absolute atomic E-state index is 0.128. The van der Waals surface area contributed by atoms with E-state index >= 15 is 0 Å². The summed E-state index contributed by atoms with van der Waals surface area (Å²) in [5.74, 6) is 1.44. The fourth-order valence-corrected chi connectivity index (χ4v) is 8.35. The molecule has 1 amide bonds. The van der Waals surface area contributed by atoms with Gasteiger partial charge in [0.1, 0.15) is 24.2 Å². The van der Waals surface area contributed by atoms with Crippen LogP contribution < -0.4 is 14.4 Å². The van der Waals surface area contributed by atoms with Crippen LogP contribution in [-0.4, -0.2) is 103 Å². The van der Waals surface area contributed by atoms with Crippen LogP contribution in [0.4, 0.5) is 10.5 Å². The minimum Gasteiger partial charge on any atom is -0.497 e. The van der Waals surface area contributed by atoms with E-state index in [0.29, 0.717) is 26.1 Å². The SMILES string of the molecule is COCCCN1CCOc2ccc(CO[C@H]3CN(S(=O)(=O)c4ccc(C)cc4)[C@@H](C[C@@H](C)OC(=O)N(C)C)C[C@@H]3c3ccc(OC)cc3)cc21. The number of ether oxygens (including phenoxy) is 5. The predicted molar refractivity (Wildman–Crippen MR) is 193 cm³/mol. The van der Waals surface area contributed by atoms with Gasteiger partial charge >= 0.3 is 6.09 Å². The first-order valence-corrected chi connectivity index (χ1v) is 18.7. The molecule has 0 aliphatic carbocycles. The highest BCUT2D eigenvalue weighted by Gasteiger charge is 2.43. The van der Waals surface area contributed by atoms with Crippen LogP contribution >= 0.6 is 0 Å². The molecule has 0 radical (unpaired) electrons. The van der Waals surface area contributed by atoms with Crippen LogP contribution in [-0.2, 0) is 30.8 Å². The summed E-state index contributed by atoms with van der Waals surface area (Å²) in [7, 11) is 2.66. The smallest absolute Gasteiger partial charge is 0.409 e. The van der Waals surface area contributed by atoms with Crippen molar-refractivity contribution in [1.82, 2.24) is 9.21 Å². The maximum Gasteiger partial charge on any atom is 0.409 e. The van der Waals surface area contributed by atoms with Crippen molar-refractivity contribution in [2.45, 2.75) is 68.8 Å². The first-order chi connectivity index (χ1) is 24.0. The lowest BCUT2D eigenvalue weighted by Crippen LogP contribution is -2.53. The van der Waals surface area contributed by atoms with Crippen LogP contribution in [0, 0.1) is 6.92 Å².